The third-order valence-electron chi connectivity index (χ3n) is 6.06. The second kappa shape index (κ2) is 8.63. The molecule has 0 saturated carbocycles. The van der Waals surface area contributed by atoms with Gasteiger partial charge in [-0.3, -0.25) is 14.5 Å². The van der Waals surface area contributed by atoms with Crippen LogP contribution in [0.3, 0.4) is 0 Å². The normalized spacial score (nSPS) is 20.3. The van der Waals surface area contributed by atoms with Gasteiger partial charge in [-0.2, -0.15) is 0 Å². The lowest BCUT2D eigenvalue weighted by molar-refractivity contribution is -0.114. The van der Waals surface area contributed by atoms with Gasteiger partial charge in [0.1, 0.15) is 5.75 Å². The van der Waals surface area contributed by atoms with Crippen molar-refractivity contribution in [2.24, 2.45) is 0 Å². The molecule has 3 aromatic rings. The predicted molar refractivity (Wildman–Crippen MR) is 134 cm³/mol. The van der Waals surface area contributed by atoms with Crippen LogP contribution in [-0.4, -0.2) is 23.6 Å². The minimum atomic E-state index is -0.942. The van der Waals surface area contributed by atoms with Gasteiger partial charge in [-0.25, -0.2) is 4.79 Å². The number of nitrogens with zero attached hydrogens (tertiary/aromatic N) is 1. The van der Waals surface area contributed by atoms with E-state index in [0.717, 1.165) is 5.56 Å². The fourth-order valence-electron chi connectivity index (χ4n) is 4.57. The number of halogens is 1. The molecule has 178 valence electrons. The molecule has 0 spiro atoms. The molecule has 2 atom stereocenters. The van der Waals surface area contributed by atoms with Crippen LogP contribution in [0.25, 0.3) is 0 Å². The second-order valence-corrected chi connectivity index (χ2v) is 9.20. The van der Waals surface area contributed by atoms with E-state index in [-0.39, 0.29) is 23.9 Å². The highest BCUT2D eigenvalue weighted by Crippen LogP contribution is 2.46. The summed E-state index contributed by atoms with van der Waals surface area (Å²) in [5, 5.41) is 9.13. The van der Waals surface area contributed by atoms with E-state index < -0.39 is 5.72 Å². The molecule has 8 nitrogen and oxygen atoms in total. The Bertz CT molecular complexity index is 1340. The van der Waals surface area contributed by atoms with Crippen molar-refractivity contribution in [3.05, 3.63) is 82.9 Å². The van der Waals surface area contributed by atoms with Crippen molar-refractivity contribution >= 4 is 46.5 Å². The molecule has 1 fully saturated rings. The van der Waals surface area contributed by atoms with Gasteiger partial charge in [0.25, 0.3) is 5.91 Å². The maximum atomic E-state index is 13.2. The van der Waals surface area contributed by atoms with E-state index in [1.165, 1.54) is 6.92 Å². The van der Waals surface area contributed by atoms with Crippen LogP contribution in [0.15, 0.2) is 66.7 Å². The summed E-state index contributed by atoms with van der Waals surface area (Å²) in [6, 6.07) is 18.5. The quantitative estimate of drug-likeness (QED) is 0.460. The Labute approximate surface area is 207 Å². The third-order valence-corrected chi connectivity index (χ3v) is 6.30. The highest BCUT2D eigenvalue weighted by molar-refractivity contribution is 6.30. The molecule has 0 aromatic heterocycles. The van der Waals surface area contributed by atoms with Crippen LogP contribution < -0.4 is 25.6 Å². The van der Waals surface area contributed by atoms with Gasteiger partial charge in [0, 0.05) is 40.9 Å². The van der Waals surface area contributed by atoms with Crippen LogP contribution in [0.2, 0.25) is 5.02 Å². The number of fused-ring (bicyclic) bond motifs is 4. The minimum absolute atomic E-state index is 0.172. The Morgan fingerprint density at radius 1 is 1.06 bits per heavy atom. The lowest BCUT2D eigenvalue weighted by Gasteiger charge is -2.50. The number of carbonyl (C=O) groups is 3. The lowest BCUT2D eigenvalue weighted by Crippen LogP contribution is -2.65. The summed E-state index contributed by atoms with van der Waals surface area (Å²) in [6.07, 6.45) is 0.517. The number of benzene rings is 3. The Hall–Kier alpha value is -4.04. The topological polar surface area (TPSA) is 99.8 Å². The van der Waals surface area contributed by atoms with E-state index in [2.05, 4.69) is 16.0 Å². The molecule has 3 aromatic carbocycles. The number of amides is 4. The van der Waals surface area contributed by atoms with E-state index in [0.29, 0.717) is 39.8 Å². The first-order chi connectivity index (χ1) is 16.7. The Morgan fingerprint density at radius 3 is 2.49 bits per heavy atom. The van der Waals surface area contributed by atoms with Crippen LogP contribution in [0.5, 0.6) is 5.75 Å². The van der Waals surface area contributed by atoms with Gasteiger partial charge < -0.3 is 20.7 Å². The summed E-state index contributed by atoms with van der Waals surface area (Å²) >= 11 is 6.15. The first-order valence-electron chi connectivity index (χ1n) is 11.1. The molecule has 2 aliphatic heterocycles. The number of anilines is 3. The summed E-state index contributed by atoms with van der Waals surface area (Å²) in [5.74, 6) is 0.161. The van der Waals surface area contributed by atoms with Crippen molar-refractivity contribution in [2.75, 3.05) is 15.5 Å². The maximum Gasteiger partial charge on any atom is 0.325 e. The van der Waals surface area contributed by atoms with Gasteiger partial charge in [0.2, 0.25) is 5.91 Å². The van der Waals surface area contributed by atoms with E-state index in [1.807, 2.05) is 13.0 Å². The number of nitrogens with one attached hydrogen (secondary N) is 3. The number of hydrogen-bond acceptors (Lipinski definition) is 4. The largest absolute Gasteiger partial charge is 0.467 e. The van der Waals surface area contributed by atoms with Crippen LogP contribution in [0, 0.1) is 0 Å². The molecule has 5 rings (SSSR count). The molecule has 0 aliphatic carbocycles. The maximum absolute atomic E-state index is 13.2. The Kier molecular flexibility index (Phi) is 5.61. The van der Waals surface area contributed by atoms with Gasteiger partial charge in [-0.15, -0.1) is 0 Å². The second-order valence-electron chi connectivity index (χ2n) is 8.76. The first-order valence-corrected chi connectivity index (χ1v) is 11.5. The van der Waals surface area contributed by atoms with E-state index in [9.17, 15) is 14.4 Å². The highest BCUT2D eigenvalue weighted by atomic mass is 35.5. The van der Waals surface area contributed by atoms with Gasteiger partial charge in [-0.05, 0) is 67.6 Å². The molecule has 2 unspecified atom stereocenters. The molecular weight excluding hydrogens is 468 g/mol. The zero-order chi connectivity index (χ0) is 24.7. The van der Waals surface area contributed by atoms with E-state index in [1.54, 1.807) is 65.6 Å². The van der Waals surface area contributed by atoms with Crippen LogP contribution >= 0.6 is 11.6 Å². The number of carbonyl (C=O) groups excluding carboxylic acids is 3. The van der Waals surface area contributed by atoms with E-state index in [4.69, 9.17) is 16.3 Å². The van der Waals surface area contributed by atoms with Gasteiger partial charge in [0.05, 0.1) is 11.7 Å². The van der Waals surface area contributed by atoms with Crippen molar-refractivity contribution in [2.45, 2.75) is 32.0 Å². The van der Waals surface area contributed by atoms with Gasteiger partial charge >= 0.3 is 6.03 Å². The number of urea groups is 1. The molecule has 3 N–H and O–H groups in total. The highest BCUT2D eigenvalue weighted by Gasteiger charge is 2.50. The predicted octanol–water partition coefficient (Wildman–Crippen LogP) is 5.32. The van der Waals surface area contributed by atoms with Crippen molar-refractivity contribution in [1.29, 1.82) is 0 Å². The minimum Gasteiger partial charge on any atom is -0.467 e. The van der Waals surface area contributed by atoms with Crippen molar-refractivity contribution in [1.82, 2.24) is 5.32 Å². The number of ether oxygens (including phenoxy) is 1. The van der Waals surface area contributed by atoms with Crippen molar-refractivity contribution in [3.63, 3.8) is 0 Å². The molecule has 0 radical (unpaired) electrons. The fraction of sp³-hybridized carbons (Fsp3) is 0.192. The fourth-order valence-corrected chi connectivity index (χ4v) is 4.75. The van der Waals surface area contributed by atoms with Crippen LogP contribution in [-0.2, 0) is 4.79 Å². The average molecular weight is 491 g/mol. The Morgan fingerprint density at radius 2 is 1.77 bits per heavy atom. The molecule has 4 amide bonds. The molecule has 9 heteroatoms. The molecule has 1 saturated heterocycles. The number of hydrogen-bond donors (Lipinski definition) is 3. The van der Waals surface area contributed by atoms with Gasteiger partial charge in [-0.1, -0.05) is 17.7 Å². The summed E-state index contributed by atoms with van der Waals surface area (Å²) in [6.45, 7) is 3.29. The van der Waals surface area contributed by atoms with Gasteiger partial charge in [0.15, 0.2) is 5.72 Å². The van der Waals surface area contributed by atoms with Crippen molar-refractivity contribution < 1.29 is 19.1 Å². The van der Waals surface area contributed by atoms with Crippen molar-refractivity contribution in [3.8, 4) is 5.75 Å². The average Bonchev–Trinajstić information content (AvgIpc) is 2.80. The van der Waals surface area contributed by atoms with Crippen LogP contribution in [0.4, 0.5) is 21.9 Å². The lowest BCUT2D eigenvalue weighted by atomic mass is 9.90. The SMILES string of the molecule is CC(=O)Nc1ccc(NC(=O)c2cccc(N3C(=O)NC4CC3(C)Oc3ccc(Cl)cc34)c2)cc1. The standard InChI is InChI=1S/C26H23ClN4O4/c1-15(32)28-18-7-9-19(10-8-18)29-24(33)16-4-3-5-20(12-16)31-25(34)30-22-14-26(31,2)35-23-11-6-17(27)13-21(22)23/h3-13,22H,14H2,1-2H3,(H,28,32)(H,29,33)(H,30,34). The monoisotopic (exact) mass is 490 g/mol. The summed E-state index contributed by atoms with van der Waals surface area (Å²) < 4.78 is 6.29. The summed E-state index contributed by atoms with van der Waals surface area (Å²) in [5.41, 5.74) is 2.04. The van der Waals surface area contributed by atoms with Crippen LogP contribution in [0.1, 0.15) is 42.2 Å². The summed E-state index contributed by atoms with van der Waals surface area (Å²) in [4.78, 5) is 38.8. The Balaban J connectivity index is 1.38. The molecule has 2 heterocycles. The zero-order valence-electron chi connectivity index (χ0n) is 19.1. The zero-order valence-corrected chi connectivity index (χ0v) is 19.8. The molecule has 2 bridgehead atoms. The molecular formula is C26H23ClN4O4. The third kappa shape index (κ3) is 4.40. The molecule has 35 heavy (non-hydrogen) atoms. The molecule has 2 aliphatic rings. The van der Waals surface area contributed by atoms with E-state index >= 15 is 0 Å². The smallest absolute Gasteiger partial charge is 0.325 e. The first kappa shape index (κ1) is 22.7. The summed E-state index contributed by atoms with van der Waals surface area (Å²) in [7, 11) is 0. The number of rotatable bonds is 4.